The van der Waals surface area contributed by atoms with E-state index in [0.29, 0.717) is 17.0 Å². The summed E-state index contributed by atoms with van der Waals surface area (Å²) in [5, 5.41) is 13.1. The third-order valence-electron chi connectivity index (χ3n) is 3.02. The van der Waals surface area contributed by atoms with Gasteiger partial charge in [0.25, 0.3) is 10.2 Å². The fourth-order valence-corrected chi connectivity index (χ4v) is 2.52. The van der Waals surface area contributed by atoms with Gasteiger partial charge in [0.05, 0.1) is 18.3 Å². The SMILES string of the molecule is COc1ccc2c(c1)nnn2-c1ccc(NS(N)(=O)=O)cc1.Cl. The van der Waals surface area contributed by atoms with E-state index >= 15 is 0 Å². The van der Waals surface area contributed by atoms with Gasteiger partial charge in [-0.25, -0.2) is 9.82 Å². The van der Waals surface area contributed by atoms with E-state index in [0.717, 1.165) is 11.2 Å². The molecule has 0 unspecified atom stereocenters. The van der Waals surface area contributed by atoms with Crippen molar-refractivity contribution >= 4 is 39.3 Å². The molecule has 0 atom stereocenters. The Morgan fingerprint density at radius 2 is 1.87 bits per heavy atom. The second kappa shape index (κ2) is 6.41. The summed E-state index contributed by atoms with van der Waals surface area (Å²) in [7, 11) is -2.20. The number of aromatic nitrogens is 3. The molecule has 0 spiro atoms. The number of halogens is 1. The van der Waals surface area contributed by atoms with Gasteiger partial charge in [-0.1, -0.05) is 5.21 Å². The van der Waals surface area contributed by atoms with Crippen LogP contribution < -0.4 is 14.6 Å². The lowest BCUT2D eigenvalue weighted by Gasteiger charge is -2.06. The lowest BCUT2D eigenvalue weighted by atomic mass is 10.2. The van der Waals surface area contributed by atoms with Crippen molar-refractivity contribution in [2.24, 2.45) is 5.14 Å². The first-order valence-corrected chi connectivity index (χ1v) is 7.81. The molecule has 8 nitrogen and oxygen atoms in total. The molecule has 23 heavy (non-hydrogen) atoms. The van der Waals surface area contributed by atoms with Gasteiger partial charge < -0.3 is 4.74 Å². The lowest BCUT2D eigenvalue weighted by molar-refractivity contribution is 0.415. The number of benzene rings is 2. The van der Waals surface area contributed by atoms with Crippen molar-refractivity contribution in [3.8, 4) is 11.4 Å². The number of nitrogens with one attached hydrogen (secondary N) is 1. The van der Waals surface area contributed by atoms with Crippen LogP contribution in [0.4, 0.5) is 5.69 Å². The monoisotopic (exact) mass is 355 g/mol. The van der Waals surface area contributed by atoms with Crippen molar-refractivity contribution in [2.75, 3.05) is 11.8 Å². The standard InChI is InChI=1S/C13H13N5O3S.ClH/c1-21-11-6-7-13-12(8-11)15-17-18(13)10-4-2-9(3-5-10)16-22(14,19)20;/h2-8,16H,1H3,(H2,14,19,20);1H. The number of ether oxygens (including phenoxy) is 1. The third-order valence-corrected chi connectivity index (χ3v) is 3.54. The molecule has 0 radical (unpaired) electrons. The first-order valence-electron chi connectivity index (χ1n) is 6.27. The summed E-state index contributed by atoms with van der Waals surface area (Å²) < 4.78 is 30.9. The molecule has 122 valence electrons. The van der Waals surface area contributed by atoms with Crippen LogP contribution in [0.15, 0.2) is 42.5 Å². The highest BCUT2D eigenvalue weighted by atomic mass is 35.5. The quantitative estimate of drug-likeness (QED) is 0.735. The maximum absolute atomic E-state index is 11.0. The second-order valence-corrected chi connectivity index (χ2v) is 5.84. The number of nitrogens with zero attached hydrogens (tertiary/aromatic N) is 3. The summed E-state index contributed by atoms with van der Waals surface area (Å²) in [4.78, 5) is 0. The summed E-state index contributed by atoms with van der Waals surface area (Å²) >= 11 is 0. The minimum atomic E-state index is -3.78. The number of rotatable bonds is 4. The fourth-order valence-electron chi connectivity index (χ4n) is 2.06. The number of hydrogen-bond acceptors (Lipinski definition) is 5. The van der Waals surface area contributed by atoms with Crippen LogP contribution in [0.1, 0.15) is 0 Å². The zero-order valence-electron chi connectivity index (χ0n) is 12.0. The van der Waals surface area contributed by atoms with Crippen LogP contribution in [-0.4, -0.2) is 30.5 Å². The van der Waals surface area contributed by atoms with Gasteiger partial charge in [0.1, 0.15) is 11.3 Å². The van der Waals surface area contributed by atoms with Crippen LogP contribution in [0, 0.1) is 0 Å². The number of anilines is 1. The second-order valence-electron chi connectivity index (χ2n) is 4.55. The molecule has 0 aliphatic carbocycles. The minimum Gasteiger partial charge on any atom is -0.497 e. The molecular formula is C13H14ClN5O3S. The van der Waals surface area contributed by atoms with Crippen LogP contribution in [0.2, 0.25) is 0 Å². The van der Waals surface area contributed by atoms with Crippen molar-refractivity contribution in [2.45, 2.75) is 0 Å². The molecule has 3 aromatic rings. The Kier molecular flexibility index (Phi) is 4.73. The van der Waals surface area contributed by atoms with Gasteiger partial charge in [-0.15, -0.1) is 17.5 Å². The molecule has 1 aromatic heterocycles. The Morgan fingerprint density at radius 3 is 2.48 bits per heavy atom. The molecule has 0 amide bonds. The predicted molar refractivity (Wildman–Crippen MR) is 89.4 cm³/mol. The average molecular weight is 356 g/mol. The zero-order chi connectivity index (χ0) is 15.7. The minimum absolute atomic E-state index is 0. The van der Waals surface area contributed by atoms with Gasteiger partial charge in [-0.2, -0.15) is 8.42 Å². The van der Waals surface area contributed by atoms with Crippen LogP contribution in [-0.2, 0) is 10.2 Å². The fraction of sp³-hybridized carbons (Fsp3) is 0.0769. The normalized spacial score (nSPS) is 11.0. The molecule has 0 aliphatic heterocycles. The largest absolute Gasteiger partial charge is 0.497 e. The topological polar surface area (TPSA) is 112 Å². The van der Waals surface area contributed by atoms with Crippen molar-refractivity contribution in [1.82, 2.24) is 15.0 Å². The van der Waals surface area contributed by atoms with Crippen LogP contribution >= 0.6 is 12.4 Å². The molecular weight excluding hydrogens is 342 g/mol. The molecule has 0 bridgehead atoms. The Balaban J connectivity index is 0.00000192. The van der Waals surface area contributed by atoms with Crippen molar-refractivity contribution in [1.29, 1.82) is 0 Å². The smallest absolute Gasteiger partial charge is 0.296 e. The van der Waals surface area contributed by atoms with Gasteiger partial charge >= 0.3 is 0 Å². The van der Waals surface area contributed by atoms with E-state index in [2.05, 4.69) is 15.0 Å². The van der Waals surface area contributed by atoms with E-state index in [9.17, 15) is 8.42 Å². The third kappa shape index (κ3) is 3.70. The summed E-state index contributed by atoms with van der Waals surface area (Å²) in [6.07, 6.45) is 0. The molecule has 3 N–H and O–H groups in total. The maximum Gasteiger partial charge on any atom is 0.296 e. The number of fused-ring (bicyclic) bond motifs is 1. The molecule has 10 heteroatoms. The lowest BCUT2D eigenvalue weighted by Crippen LogP contribution is -2.21. The molecule has 2 aromatic carbocycles. The summed E-state index contributed by atoms with van der Waals surface area (Å²) in [5.74, 6) is 0.701. The molecule has 0 saturated carbocycles. The van der Waals surface area contributed by atoms with E-state index in [4.69, 9.17) is 9.88 Å². The molecule has 0 saturated heterocycles. The highest BCUT2D eigenvalue weighted by molar-refractivity contribution is 7.90. The zero-order valence-corrected chi connectivity index (χ0v) is 13.6. The maximum atomic E-state index is 11.0. The van der Waals surface area contributed by atoms with E-state index < -0.39 is 10.2 Å². The summed E-state index contributed by atoms with van der Waals surface area (Å²) in [6, 6.07) is 12.1. The first-order chi connectivity index (χ1) is 10.5. The number of nitrogens with two attached hydrogens (primary N) is 1. The van der Waals surface area contributed by atoms with Crippen molar-refractivity contribution < 1.29 is 13.2 Å². The molecule has 0 fully saturated rings. The Bertz CT molecular complexity index is 924. The molecule has 3 rings (SSSR count). The van der Waals surface area contributed by atoms with Gasteiger partial charge in [0.15, 0.2) is 0 Å². The summed E-state index contributed by atoms with van der Waals surface area (Å²) in [6.45, 7) is 0. The summed E-state index contributed by atoms with van der Waals surface area (Å²) in [5.41, 5.74) is 2.63. The van der Waals surface area contributed by atoms with E-state index in [1.54, 1.807) is 42.1 Å². The van der Waals surface area contributed by atoms with E-state index in [1.807, 2.05) is 12.1 Å². The highest BCUT2D eigenvalue weighted by Gasteiger charge is 2.08. The van der Waals surface area contributed by atoms with Crippen molar-refractivity contribution in [3.63, 3.8) is 0 Å². The van der Waals surface area contributed by atoms with Crippen LogP contribution in [0.3, 0.4) is 0 Å². The van der Waals surface area contributed by atoms with Gasteiger partial charge in [-0.3, -0.25) is 4.72 Å². The van der Waals surface area contributed by atoms with Crippen LogP contribution in [0.25, 0.3) is 16.7 Å². The molecule has 1 heterocycles. The van der Waals surface area contributed by atoms with Gasteiger partial charge in [0.2, 0.25) is 0 Å². The predicted octanol–water partition coefficient (Wildman–Crippen LogP) is 1.47. The van der Waals surface area contributed by atoms with Gasteiger partial charge in [-0.05, 0) is 36.4 Å². The van der Waals surface area contributed by atoms with Crippen molar-refractivity contribution in [3.05, 3.63) is 42.5 Å². The van der Waals surface area contributed by atoms with E-state index in [1.165, 1.54) is 0 Å². The first kappa shape index (κ1) is 17.0. The average Bonchev–Trinajstić information content (AvgIpc) is 2.89. The number of methoxy groups -OCH3 is 1. The van der Waals surface area contributed by atoms with Gasteiger partial charge in [0, 0.05) is 11.8 Å². The molecule has 0 aliphatic rings. The van der Waals surface area contributed by atoms with Crippen LogP contribution in [0.5, 0.6) is 5.75 Å². The number of hydrogen-bond donors (Lipinski definition) is 2. The Labute approximate surface area is 138 Å². The highest BCUT2D eigenvalue weighted by Crippen LogP contribution is 2.22. The Hall–Kier alpha value is -2.36. The van der Waals surface area contributed by atoms with E-state index in [-0.39, 0.29) is 12.4 Å². The Morgan fingerprint density at radius 1 is 1.17 bits per heavy atom.